The van der Waals surface area contributed by atoms with Crippen molar-refractivity contribution >= 4 is 69.3 Å². The van der Waals surface area contributed by atoms with E-state index in [-0.39, 0.29) is 5.11 Å². The van der Waals surface area contributed by atoms with Crippen LogP contribution >= 0.6 is 35.4 Å². The Morgan fingerprint density at radius 1 is 1.12 bits per heavy atom. The number of oxazole rings is 1. The fourth-order valence-corrected chi connectivity index (χ4v) is 3.84. The van der Waals surface area contributed by atoms with Gasteiger partial charge in [-0.3, -0.25) is 10.1 Å². The molecule has 0 bridgehead atoms. The smallest absolute Gasteiger partial charge is 0.250 e. The Labute approximate surface area is 211 Å². The zero-order valence-corrected chi connectivity index (χ0v) is 20.5. The molecule has 4 rings (SSSR count). The lowest BCUT2D eigenvalue weighted by molar-refractivity contribution is -0.115. The number of methoxy groups -OCH3 is 1. The first-order valence-electron chi connectivity index (χ1n) is 10.1. The molecule has 9 heteroatoms. The first-order valence-corrected chi connectivity index (χ1v) is 11.3. The Bertz CT molecular complexity index is 1430. The largest absolute Gasteiger partial charge is 0.497 e. The molecule has 0 aliphatic carbocycles. The maximum absolute atomic E-state index is 12.3. The summed E-state index contributed by atoms with van der Waals surface area (Å²) in [6.45, 7) is 1.93. The molecule has 34 heavy (non-hydrogen) atoms. The van der Waals surface area contributed by atoms with Gasteiger partial charge in [-0.05, 0) is 72.7 Å². The lowest BCUT2D eigenvalue weighted by atomic mass is 10.1. The van der Waals surface area contributed by atoms with E-state index < -0.39 is 5.91 Å². The van der Waals surface area contributed by atoms with Gasteiger partial charge in [-0.15, -0.1) is 0 Å². The number of halogens is 2. The zero-order chi connectivity index (χ0) is 24.2. The second-order valence-electron chi connectivity index (χ2n) is 7.32. The molecule has 1 amide bonds. The number of nitrogens with zero attached hydrogens (tertiary/aromatic N) is 1. The van der Waals surface area contributed by atoms with Crippen LogP contribution in [0.1, 0.15) is 11.1 Å². The number of carbonyl (C=O) groups is 1. The van der Waals surface area contributed by atoms with Gasteiger partial charge in [-0.1, -0.05) is 35.3 Å². The number of amides is 1. The topological polar surface area (TPSA) is 76.4 Å². The Morgan fingerprint density at radius 2 is 1.94 bits per heavy atom. The summed E-state index contributed by atoms with van der Waals surface area (Å²) in [5, 5.41) is 6.79. The van der Waals surface area contributed by atoms with Crippen LogP contribution in [0.2, 0.25) is 10.0 Å². The van der Waals surface area contributed by atoms with Gasteiger partial charge in [0, 0.05) is 33.4 Å². The van der Waals surface area contributed by atoms with E-state index in [0.29, 0.717) is 44.0 Å². The summed E-state index contributed by atoms with van der Waals surface area (Å²) in [6, 6.07) is 16.1. The number of aryl methyl sites for hydroxylation is 1. The molecule has 1 heterocycles. The number of hydrogen-bond acceptors (Lipinski definition) is 5. The second-order valence-corrected chi connectivity index (χ2v) is 8.58. The van der Waals surface area contributed by atoms with Gasteiger partial charge in [0.2, 0.25) is 11.8 Å². The van der Waals surface area contributed by atoms with Crippen molar-refractivity contribution < 1.29 is 13.9 Å². The molecule has 1 aromatic heterocycles. The quantitative estimate of drug-likeness (QED) is 0.231. The monoisotopic (exact) mass is 511 g/mol. The third-order valence-corrected chi connectivity index (χ3v) is 5.71. The first-order chi connectivity index (χ1) is 16.3. The second kappa shape index (κ2) is 10.3. The molecule has 0 spiro atoms. The number of hydrogen-bond donors (Lipinski definition) is 2. The van der Waals surface area contributed by atoms with Crippen molar-refractivity contribution in [3.05, 3.63) is 81.8 Å². The Hall–Kier alpha value is -3.39. The van der Waals surface area contributed by atoms with Gasteiger partial charge in [0.1, 0.15) is 11.3 Å². The predicted octanol–water partition coefficient (Wildman–Crippen LogP) is 6.65. The SMILES string of the molecule is COc1ccc2oc(-c3ccc(C)c(NC(=S)NC(=O)C=Cc4ccc(Cl)cc4Cl)c3)nc2c1. The Balaban J connectivity index is 1.46. The van der Waals surface area contributed by atoms with Gasteiger partial charge >= 0.3 is 0 Å². The zero-order valence-electron chi connectivity index (χ0n) is 18.2. The number of benzene rings is 3. The van der Waals surface area contributed by atoms with Gasteiger partial charge in [0.05, 0.1) is 7.11 Å². The maximum atomic E-state index is 12.3. The van der Waals surface area contributed by atoms with Crippen molar-refractivity contribution in [3.63, 3.8) is 0 Å². The summed E-state index contributed by atoms with van der Waals surface area (Å²) < 4.78 is 11.1. The molecule has 3 aromatic carbocycles. The number of anilines is 1. The van der Waals surface area contributed by atoms with E-state index in [1.54, 1.807) is 31.4 Å². The number of carbonyl (C=O) groups excluding carboxylic acids is 1. The highest BCUT2D eigenvalue weighted by Crippen LogP contribution is 2.29. The normalized spacial score (nSPS) is 11.1. The van der Waals surface area contributed by atoms with Crippen molar-refractivity contribution in [2.75, 3.05) is 12.4 Å². The highest BCUT2D eigenvalue weighted by molar-refractivity contribution is 7.80. The average molecular weight is 512 g/mol. The average Bonchev–Trinajstić information content (AvgIpc) is 3.23. The van der Waals surface area contributed by atoms with Crippen LogP contribution in [0.3, 0.4) is 0 Å². The summed E-state index contributed by atoms with van der Waals surface area (Å²) in [7, 11) is 1.60. The molecule has 6 nitrogen and oxygen atoms in total. The Kier molecular flexibility index (Phi) is 7.17. The van der Waals surface area contributed by atoms with Gasteiger partial charge in [-0.25, -0.2) is 4.98 Å². The Morgan fingerprint density at radius 3 is 2.71 bits per heavy atom. The molecule has 0 fully saturated rings. The van der Waals surface area contributed by atoms with Crippen molar-refractivity contribution in [2.45, 2.75) is 6.92 Å². The van der Waals surface area contributed by atoms with Crippen molar-refractivity contribution in [1.82, 2.24) is 10.3 Å². The van der Waals surface area contributed by atoms with Crippen LogP contribution < -0.4 is 15.4 Å². The van der Waals surface area contributed by atoms with Gasteiger partial charge in [0.15, 0.2) is 10.7 Å². The summed E-state index contributed by atoms with van der Waals surface area (Å²) >= 11 is 17.3. The summed E-state index contributed by atoms with van der Waals surface area (Å²) in [4.78, 5) is 16.8. The van der Waals surface area contributed by atoms with Crippen molar-refractivity contribution in [1.29, 1.82) is 0 Å². The molecule has 0 radical (unpaired) electrons. The lowest BCUT2D eigenvalue weighted by Gasteiger charge is -2.11. The third-order valence-electron chi connectivity index (χ3n) is 4.94. The molecule has 0 atom stereocenters. The van der Waals surface area contributed by atoms with E-state index in [2.05, 4.69) is 15.6 Å². The molecule has 0 saturated heterocycles. The lowest BCUT2D eigenvalue weighted by Crippen LogP contribution is -2.33. The van der Waals surface area contributed by atoms with E-state index >= 15 is 0 Å². The standard InChI is InChI=1S/C25H19Cl2N3O3S/c1-14-3-4-16(24-28-21-13-18(32-2)8-9-22(21)33-24)11-20(14)29-25(34)30-23(31)10-6-15-5-7-17(26)12-19(15)27/h3-13H,1-2H3,(H2,29,30,31,34). The molecule has 0 aliphatic rings. The fourth-order valence-electron chi connectivity index (χ4n) is 3.16. The minimum absolute atomic E-state index is 0.152. The molecule has 0 aliphatic heterocycles. The maximum Gasteiger partial charge on any atom is 0.250 e. The van der Waals surface area contributed by atoms with E-state index in [9.17, 15) is 4.79 Å². The fraction of sp³-hybridized carbons (Fsp3) is 0.0800. The third kappa shape index (κ3) is 5.56. The van der Waals surface area contributed by atoms with E-state index in [0.717, 1.165) is 11.1 Å². The number of thiocarbonyl (C=S) groups is 1. The molecule has 0 unspecified atom stereocenters. The molecule has 4 aromatic rings. The number of ether oxygens (including phenoxy) is 1. The summed E-state index contributed by atoms with van der Waals surface area (Å²) in [5.74, 6) is 0.765. The van der Waals surface area contributed by atoms with Crippen LogP contribution in [0.15, 0.2) is 65.1 Å². The van der Waals surface area contributed by atoms with E-state index in [4.69, 9.17) is 44.6 Å². The number of aromatic nitrogens is 1. The number of nitrogens with one attached hydrogen (secondary N) is 2. The van der Waals surface area contributed by atoms with Crippen LogP contribution in [-0.2, 0) is 4.79 Å². The highest BCUT2D eigenvalue weighted by Gasteiger charge is 2.12. The molecular formula is C25H19Cl2N3O3S. The predicted molar refractivity (Wildman–Crippen MR) is 141 cm³/mol. The van der Waals surface area contributed by atoms with Crippen molar-refractivity contribution in [3.8, 4) is 17.2 Å². The van der Waals surface area contributed by atoms with Crippen molar-refractivity contribution in [2.24, 2.45) is 0 Å². The van der Waals surface area contributed by atoms with Crippen LogP contribution in [-0.4, -0.2) is 23.1 Å². The van der Waals surface area contributed by atoms with Crippen LogP contribution in [0.5, 0.6) is 5.75 Å². The van der Waals surface area contributed by atoms with Crippen LogP contribution in [0.25, 0.3) is 28.6 Å². The number of rotatable bonds is 5. The molecule has 2 N–H and O–H groups in total. The summed E-state index contributed by atoms with van der Waals surface area (Å²) in [5.41, 5.74) is 4.42. The molecular weight excluding hydrogens is 493 g/mol. The van der Waals surface area contributed by atoms with Gasteiger partial charge in [0.25, 0.3) is 0 Å². The van der Waals surface area contributed by atoms with Gasteiger partial charge in [-0.2, -0.15) is 0 Å². The number of fused-ring (bicyclic) bond motifs is 1. The summed E-state index contributed by atoms with van der Waals surface area (Å²) in [6.07, 6.45) is 2.93. The van der Waals surface area contributed by atoms with Crippen LogP contribution in [0.4, 0.5) is 5.69 Å². The minimum Gasteiger partial charge on any atom is -0.497 e. The molecule has 0 saturated carbocycles. The van der Waals surface area contributed by atoms with E-state index in [1.165, 1.54) is 6.08 Å². The first kappa shape index (κ1) is 23.8. The highest BCUT2D eigenvalue weighted by atomic mass is 35.5. The molecule has 172 valence electrons. The van der Waals surface area contributed by atoms with Crippen LogP contribution in [0, 0.1) is 6.92 Å². The minimum atomic E-state index is -0.398. The van der Waals surface area contributed by atoms with E-state index in [1.807, 2.05) is 43.3 Å². The van der Waals surface area contributed by atoms with Gasteiger partial charge < -0.3 is 14.5 Å².